The summed E-state index contributed by atoms with van der Waals surface area (Å²) in [6.07, 6.45) is -0.939. The molecule has 0 saturated heterocycles. The lowest BCUT2D eigenvalue weighted by Gasteiger charge is -2.08. The average Bonchev–Trinajstić information content (AvgIpc) is 3.29. The van der Waals surface area contributed by atoms with E-state index in [4.69, 9.17) is 16.3 Å². The van der Waals surface area contributed by atoms with Crippen molar-refractivity contribution >= 4 is 34.5 Å². The number of thiazole rings is 1. The molecule has 0 aliphatic heterocycles. The summed E-state index contributed by atoms with van der Waals surface area (Å²) in [7, 11) is 0. The fraction of sp³-hybridized carbons (Fsp3) is 0.0833. The minimum atomic E-state index is -0.939. The highest BCUT2D eigenvalue weighted by Crippen LogP contribution is 2.27. The normalized spacial score (nSPS) is 11.7. The summed E-state index contributed by atoms with van der Waals surface area (Å²) in [6.45, 7) is 0.475. The summed E-state index contributed by atoms with van der Waals surface area (Å²) in [5.41, 5.74) is 2.58. The third-order valence-corrected chi connectivity index (χ3v) is 5.65. The first-order valence-electron chi connectivity index (χ1n) is 9.55. The van der Waals surface area contributed by atoms with Gasteiger partial charge >= 0.3 is 0 Å². The minimum absolute atomic E-state index is 0.241. The lowest BCUT2D eigenvalue weighted by molar-refractivity contribution is 0.102. The number of carbonyl (C=O) groups excluding carboxylic acids is 1. The van der Waals surface area contributed by atoms with Crippen molar-refractivity contribution in [1.82, 2.24) is 4.98 Å². The Hall–Kier alpha value is -3.19. The fourth-order valence-electron chi connectivity index (χ4n) is 2.91. The number of anilines is 1. The largest absolute Gasteiger partial charge is 0.489 e. The molecule has 0 aliphatic rings. The molecule has 1 unspecified atom stereocenters. The first kappa shape index (κ1) is 21.1. The van der Waals surface area contributed by atoms with E-state index in [1.807, 2.05) is 30.3 Å². The van der Waals surface area contributed by atoms with Crippen molar-refractivity contribution in [2.45, 2.75) is 12.7 Å². The summed E-state index contributed by atoms with van der Waals surface area (Å²) in [4.78, 5) is 16.8. The van der Waals surface area contributed by atoms with Crippen LogP contribution in [0.2, 0.25) is 5.02 Å². The van der Waals surface area contributed by atoms with Crippen LogP contribution in [0.4, 0.5) is 5.69 Å². The number of hydrogen-bond donors (Lipinski definition) is 2. The molecule has 0 saturated carbocycles. The van der Waals surface area contributed by atoms with Crippen molar-refractivity contribution in [1.29, 1.82) is 0 Å². The van der Waals surface area contributed by atoms with Gasteiger partial charge in [-0.1, -0.05) is 54.1 Å². The molecule has 5 nitrogen and oxygen atoms in total. The molecular weight excluding hydrogens is 432 g/mol. The van der Waals surface area contributed by atoms with Crippen LogP contribution < -0.4 is 10.1 Å². The third kappa shape index (κ3) is 5.49. The molecule has 0 radical (unpaired) electrons. The average molecular weight is 451 g/mol. The van der Waals surface area contributed by atoms with Crippen LogP contribution in [0.5, 0.6) is 5.75 Å². The van der Waals surface area contributed by atoms with Crippen LogP contribution in [0.3, 0.4) is 0 Å². The number of nitrogens with zero attached hydrogens (tertiary/aromatic N) is 1. The number of amides is 1. The summed E-state index contributed by atoms with van der Waals surface area (Å²) in [5, 5.41) is 15.9. The SMILES string of the molecule is O=C(Nc1ccc(OCc2ccccc2)cc1)c1csc(C(O)c2cccc(Cl)c2)n1. The van der Waals surface area contributed by atoms with E-state index < -0.39 is 6.10 Å². The van der Waals surface area contributed by atoms with Gasteiger partial charge in [0, 0.05) is 16.1 Å². The monoisotopic (exact) mass is 450 g/mol. The van der Waals surface area contributed by atoms with Crippen LogP contribution in [-0.4, -0.2) is 16.0 Å². The number of benzene rings is 3. The van der Waals surface area contributed by atoms with Crippen LogP contribution in [0, 0.1) is 0 Å². The molecule has 0 aliphatic carbocycles. The van der Waals surface area contributed by atoms with Crippen LogP contribution >= 0.6 is 22.9 Å². The lowest BCUT2D eigenvalue weighted by Crippen LogP contribution is -2.12. The van der Waals surface area contributed by atoms with E-state index in [0.717, 1.165) is 5.56 Å². The van der Waals surface area contributed by atoms with Gasteiger partial charge in [-0.15, -0.1) is 11.3 Å². The van der Waals surface area contributed by atoms with E-state index in [-0.39, 0.29) is 11.6 Å². The molecule has 3 aromatic carbocycles. The van der Waals surface area contributed by atoms with Gasteiger partial charge in [-0.3, -0.25) is 4.79 Å². The van der Waals surface area contributed by atoms with Gasteiger partial charge in [0.15, 0.2) is 0 Å². The Morgan fingerprint density at radius 2 is 1.84 bits per heavy atom. The number of halogens is 1. The quantitative estimate of drug-likeness (QED) is 0.378. The molecule has 1 heterocycles. The maximum atomic E-state index is 12.5. The van der Waals surface area contributed by atoms with E-state index in [1.165, 1.54) is 11.3 Å². The Balaban J connectivity index is 1.36. The van der Waals surface area contributed by atoms with Crippen LogP contribution in [0.1, 0.15) is 32.7 Å². The molecule has 156 valence electrons. The Morgan fingerprint density at radius 3 is 2.58 bits per heavy atom. The molecular formula is C24H19ClN2O3S. The van der Waals surface area contributed by atoms with E-state index in [9.17, 15) is 9.90 Å². The highest BCUT2D eigenvalue weighted by atomic mass is 35.5. The first-order chi connectivity index (χ1) is 15.1. The van der Waals surface area contributed by atoms with Crippen molar-refractivity contribution < 1.29 is 14.6 Å². The van der Waals surface area contributed by atoms with E-state index >= 15 is 0 Å². The van der Waals surface area contributed by atoms with Crippen LogP contribution in [0.25, 0.3) is 0 Å². The molecule has 7 heteroatoms. The van der Waals surface area contributed by atoms with Gasteiger partial charge in [-0.2, -0.15) is 0 Å². The van der Waals surface area contributed by atoms with Crippen molar-refractivity contribution in [2.24, 2.45) is 0 Å². The Kier molecular flexibility index (Phi) is 6.62. The standard InChI is InChI=1S/C24H19ClN2O3S/c25-18-8-4-7-17(13-18)22(28)24-27-21(15-31-24)23(29)26-19-9-11-20(12-10-19)30-14-16-5-2-1-3-6-16/h1-13,15,22,28H,14H2,(H,26,29). The van der Waals surface area contributed by atoms with Crippen LogP contribution in [-0.2, 0) is 6.61 Å². The minimum Gasteiger partial charge on any atom is -0.489 e. The van der Waals surface area contributed by atoms with Crippen molar-refractivity contribution in [3.63, 3.8) is 0 Å². The van der Waals surface area contributed by atoms with Crippen molar-refractivity contribution in [2.75, 3.05) is 5.32 Å². The molecule has 0 fully saturated rings. The zero-order valence-electron chi connectivity index (χ0n) is 16.4. The summed E-state index contributed by atoms with van der Waals surface area (Å²) in [6, 6.07) is 24.0. The summed E-state index contributed by atoms with van der Waals surface area (Å²) in [5.74, 6) is 0.362. The predicted octanol–water partition coefficient (Wildman–Crippen LogP) is 5.71. The fourth-order valence-corrected chi connectivity index (χ4v) is 3.91. The molecule has 1 aromatic heterocycles. The molecule has 0 spiro atoms. The van der Waals surface area contributed by atoms with Gasteiger partial charge < -0.3 is 15.2 Å². The van der Waals surface area contributed by atoms with E-state index in [2.05, 4.69) is 10.3 Å². The number of aliphatic hydroxyl groups excluding tert-OH is 1. The molecule has 0 bridgehead atoms. The lowest BCUT2D eigenvalue weighted by atomic mass is 10.1. The number of aliphatic hydroxyl groups is 1. The Bertz CT molecular complexity index is 1160. The van der Waals surface area contributed by atoms with Crippen molar-refractivity contribution in [3.05, 3.63) is 111 Å². The number of hydrogen-bond acceptors (Lipinski definition) is 5. The summed E-state index contributed by atoms with van der Waals surface area (Å²) >= 11 is 7.20. The number of ether oxygens (including phenoxy) is 1. The third-order valence-electron chi connectivity index (χ3n) is 4.51. The van der Waals surface area contributed by atoms with Crippen molar-refractivity contribution in [3.8, 4) is 5.75 Å². The van der Waals surface area contributed by atoms with Gasteiger partial charge in [0.2, 0.25) is 0 Å². The maximum absolute atomic E-state index is 12.5. The molecule has 4 rings (SSSR count). The Labute approximate surface area is 188 Å². The number of carbonyl (C=O) groups is 1. The van der Waals surface area contributed by atoms with Crippen LogP contribution in [0.15, 0.2) is 84.2 Å². The van der Waals surface area contributed by atoms with Gasteiger partial charge in [0.1, 0.15) is 29.2 Å². The van der Waals surface area contributed by atoms with E-state index in [1.54, 1.807) is 53.9 Å². The predicted molar refractivity (Wildman–Crippen MR) is 123 cm³/mol. The molecule has 31 heavy (non-hydrogen) atoms. The molecule has 2 N–H and O–H groups in total. The van der Waals surface area contributed by atoms with Gasteiger partial charge in [0.25, 0.3) is 5.91 Å². The zero-order valence-corrected chi connectivity index (χ0v) is 17.9. The molecule has 1 amide bonds. The first-order valence-corrected chi connectivity index (χ1v) is 10.8. The second-order valence-corrected chi connectivity index (χ2v) is 8.11. The smallest absolute Gasteiger partial charge is 0.275 e. The van der Waals surface area contributed by atoms with E-state index in [0.29, 0.717) is 33.6 Å². The number of nitrogens with one attached hydrogen (secondary N) is 1. The zero-order chi connectivity index (χ0) is 21.6. The topological polar surface area (TPSA) is 71.5 Å². The second kappa shape index (κ2) is 9.75. The second-order valence-electron chi connectivity index (χ2n) is 6.78. The van der Waals surface area contributed by atoms with Gasteiger partial charge in [-0.05, 0) is 47.5 Å². The highest BCUT2D eigenvalue weighted by molar-refractivity contribution is 7.10. The molecule has 4 aromatic rings. The van der Waals surface area contributed by atoms with Gasteiger partial charge in [0.05, 0.1) is 0 Å². The number of rotatable bonds is 7. The Morgan fingerprint density at radius 1 is 1.06 bits per heavy atom. The number of aromatic nitrogens is 1. The maximum Gasteiger partial charge on any atom is 0.275 e. The molecule has 1 atom stereocenters. The van der Waals surface area contributed by atoms with Gasteiger partial charge in [-0.25, -0.2) is 4.98 Å². The highest BCUT2D eigenvalue weighted by Gasteiger charge is 2.18. The summed E-state index contributed by atoms with van der Waals surface area (Å²) < 4.78 is 5.76.